The molecule has 0 unspecified atom stereocenters. The van der Waals surface area contributed by atoms with Crippen LogP contribution in [0.25, 0.3) is 0 Å². The second kappa shape index (κ2) is 5.45. The van der Waals surface area contributed by atoms with E-state index in [4.69, 9.17) is 14.3 Å². The number of aryl methyl sites for hydroxylation is 2. The van der Waals surface area contributed by atoms with E-state index in [1.54, 1.807) is 27.7 Å². The van der Waals surface area contributed by atoms with E-state index < -0.39 is 10.0 Å². The first kappa shape index (κ1) is 15.5. The van der Waals surface area contributed by atoms with E-state index >= 15 is 0 Å². The van der Waals surface area contributed by atoms with Gasteiger partial charge in [-0.1, -0.05) is 0 Å². The summed E-state index contributed by atoms with van der Waals surface area (Å²) in [6.07, 6.45) is 0. The first-order valence-corrected chi connectivity index (χ1v) is 7.80. The summed E-state index contributed by atoms with van der Waals surface area (Å²) in [5.41, 5.74) is 1.97. The molecular weight excluding hydrogens is 294 g/mol. The normalized spacial score (nSPS) is 11.7. The van der Waals surface area contributed by atoms with E-state index in [1.165, 1.54) is 6.07 Å². The summed E-state index contributed by atoms with van der Waals surface area (Å²) >= 11 is 0. The van der Waals surface area contributed by atoms with Gasteiger partial charge >= 0.3 is 0 Å². The monoisotopic (exact) mass is 311 g/mol. The van der Waals surface area contributed by atoms with Crippen molar-refractivity contribution in [2.75, 3.05) is 0 Å². The number of hydrogen-bond acceptors (Lipinski definition) is 6. The fourth-order valence-corrected chi connectivity index (χ4v) is 2.99. The molecule has 8 heteroatoms. The quantitative estimate of drug-likeness (QED) is 0.917. The molecule has 0 amide bonds. The van der Waals surface area contributed by atoms with Gasteiger partial charge < -0.3 is 9.15 Å². The number of nitrogens with two attached hydrogens (primary N) is 1. The fourth-order valence-electron chi connectivity index (χ4n) is 2.07. The zero-order chi connectivity index (χ0) is 15.8. The van der Waals surface area contributed by atoms with E-state index in [0.717, 1.165) is 5.56 Å². The van der Waals surface area contributed by atoms with Crippen LogP contribution in [0.15, 0.2) is 15.4 Å². The Morgan fingerprint density at radius 2 is 1.86 bits per heavy atom. The molecule has 0 saturated heterocycles. The number of sulfonamides is 1. The highest BCUT2D eigenvalue weighted by Gasteiger charge is 2.18. The van der Waals surface area contributed by atoms with Crippen LogP contribution in [0.3, 0.4) is 0 Å². The standard InChI is InChI=1S/C13H17N3O4S/c1-7-5-11(21(14,17)18)8(2)9(3)13(7)19-6-12-16-15-10(4)20-12/h5H,6H2,1-4H3,(H2,14,17,18). The van der Waals surface area contributed by atoms with E-state index in [0.29, 0.717) is 28.7 Å². The van der Waals surface area contributed by atoms with Crippen LogP contribution in [-0.4, -0.2) is 18.6 Å². The molecule has 21 heavy (non-hydrogen) atoms. The van der Waals surface area contributed by atoms with E-state index in [-0.39, 0.29) is 11.5 Å². The minimum absolute atomic E-state index is 0.110. The molecule has 1 aromatic heterocycles. The lowest BCUT2D eigenvalue weighted by Gasteiger charge is -2.15. The van der Waals surface area contributed by atoms with Gasteiger partial charge in [0.15, 0.2) is 6.61 Å². The molecule has 2 N–H and O–H groups in total. The van der Waals surface area contributed by atoms with Crippen molar-refractivity contribution < 1.29 is 17.6 Å². The smallest absolute Gasteiger partial charge is 0.253 e. The molecule has 1 aromatic carbocycles. The Hall–Kier alpha value is -1.93. The number of aromatic nitrogens is 2. The molecule has 1 heterocycles. The first-order valence-electron chi connectivity index (χ1n) is 6.25. The molecule has 0 aliphatic heterocycles. The van der Waals surface area contributed by atoms with Crippen molar-refractivity contribution >= 4 is 10.0 Å². The van der Waals surface area contributed by atoms with Gasteiger partial charge in [0, 0.05) is 6.92 Å². The predicted molar refractivity (Wildman–Crippen MR) is 75.4 cm³/mol. The number of benzene rings is 1. The molecule has 114 valence electrons. The summed E-state index contributed by atoms with van der Waals surface area (Å²) < 4.78 is 34.0. The summed E-state index contributed by atoms with van der Waals surface area (Å²) in [6, 6.07) is 1.51. The molecule has 0 aliphatic carbocycles. The average Bonchev–Trinajstić information content (AvgIpc) is 2.78. The molecular formula is C13H17N3O4S. The Bertz CT molecular complexity index is 781. The van der Waals surface area contributed by atoms with Crippen LogP contribution in [-0.2, 0) is 16.6 Å². The van der Waals surface area contributed by atoms with Crippen LogP contribution in [0.4, 0.5) is 0 Å². The van der Waals surface area contributed by atoms with Crippen molar-refractivity contribution in [1.29, 1.82) is 0 Å². The van der Waals surface area contributed by atoms with E-state index in [2.05, 4.69) is 10.2 Å². The first-order chi connectivity index (χ1) is 9.70. The minimum atomic E-state index is -3.76. The van der Waals surface area contributed by atoms with E-state index in [1.807, 2.05) is 0 Å². The lowest BCUT2D eigenvalue weighted by Crippen LogP contribution is -2.15. The summed E-state index contributed by atoms with van der Waals surface area (Å²) in [4.78, 5) is 0.110. The average molecular weight is 311 g/mol. The van der Waals surface area contributed by atoms with Crippen molar-refractivity contribution in [1.82, 2.24) is 10.2 Å². The maximum atomic E-state index is 11.6. The highest BCUT2D eigenvalue weighted by Crippen LogP contribution is 2.31. The second-order valence-electron chi connectivity index (χ2n) is 4.82. The lowest BCUT2D eigenvalue weighted by molar-refractivity contribution is 0.257. The van der Waals surface area contributed by atoms with Gasteiger partial charge in [0.25, 0.3) is 5.89 Å². The molecule has 0 aliphatic rings. The van der Waals surface area contributed by atoms with Gasteiger partial charge in [-0.15, -0.1) is 10.2 Å². The summed E-state index contributed by atoms with van der Waals surface area (Å²) in [6.45, 7) is 7.05. The lowest BCUT2D eigenvalue weighted by atomic mass is 10.1. The van der Waals surface area contributed by atoms with Crippen LogP contribution in [0.1, 0.15) is 28.5 Å². The number of rotatable bonds is 4. The van der Waals surface area contributed by atoms with Crippen molar-refractivity contribution in [3.8, 4) is 5.75 Å². The van der Waals surface area contributed by atoms with Gasteiger partial charge in [-0.05, 0) is 43.5 Å². The van der Waals surface area contributed by atoms with Crippen molar-refractivity contribution in [3.63, 3.8) is 0 Å². The highest BCUT2D eigenvalue weighted by atomic mass is 32.2. The Kier molecular flexibility index (Phi) is 4.02. The third-order valence-electron chi connectivity index (χ3n) is 3.19. The molecule has 0 atom stereocenters. The molecule has 7 nitrogen and oxygen atoms in total. The SMILES string of the molecule is Cc1nnc(COc2c(C)cc(S(N)(=O)=O)c(C)c2C)o1. The maximum absolute atomic E-state index is 11.6. The zero-order valence-electron chi connectivity index (χ0n) is 12.3. The van der Waals surface area contributed by atoms with Crippen LogP contribution in [0, 0.1) is 27.7 Å². The van der Waals surface area contributed by atoms with E-state index in [9.17, 15) is 8.42 Å². The number of ether oxygens (including phenoxy) is 1. The van der Waals surface area contributed by atoms with Gasteiger partial charge in [-0.3, -0.25) is 0 Å². The number of primary sulfonamides is 1. The summed E-state index contributed by atoms with van der Waals surface area (Å²) in [5.74, 6) is 1.41. The maximum Gasteiger partial charge on any atom is 0.253 e. The second-order valence-corrected chi connectivity index (χ2v) is 6.35. The number of nitrogens with zero attached hydrogens (tertiary/aromatic N) is 2. The number of hydrogen-bond donors (Lipinski definition) is 1. The van der Waals surface area contributed by atoms with Gasteiger partial charge in [-0.2, -0.15) is 0 Å². The van der Waals surface area contributed by atoms with Crippen molar-refractivity contribution in [3.05, 3.63) is 34.5 Å². The van der Waals surface area contributed by atoms with Gasteiger partial charge in [0.2, 0.25) is 15.9 Å². The zero-order valence-corrected chi connectivity index (χ0v) is 13.1. The molecule has 0 spiro atoms. The Balaban J connectivity index is 2.35. The molecule has 2 rings (SSSR count). The van der Waals surface area contributed by atoms with Gasteiger partial charge in [0.05, 0.1) is 4.90 Å². The third-order valence-corrected chi connectivity index (χ3v) is 4.23. The Labute approximate surface area is 123 Å². The predicted octanol–water partition coefficient (Wildman–Crippen LogP) is 1.53. The van der Waals surface area contributed by atoms with Gasteiger partial charge in [0.1, 0.15) is 5.75 Å². The third kappa shape index (κ3) is 3.22. The molecule has 0 saturated carbocycles. The highest BCUT2D eigenvalue weighted by molar-refractivity contribution is 7.89. The van der Waals surface area contributed by atoms with Crippen molar-refractivity contribution in [2.45, 2.75) is 39.2 Å². The molecule has 0 radical (unpaired) electrons. The van der Waals surface area contributed by atoms with Crippen LogP contribution in [0.2, 0.25) is 0 Å². The molecule has 2 aromatic rings. The largest absolute Gasteiger partial charge is 0.483 e. The minimum Gasteiger partial charge on any atom is -0.483 e. The fraction of sp³-hybridized carbons (Fsp3) is 0.385. The summed E-state index contributed by atoms with van der Waals surface area (Å²) in [5, 5.41) is 12.8. The Morgan fingerprint density at radius 1 is 1.19 bits per heavy atom. The van der Waals surface area contributed by atoms with Crippen molar-refractivity contribution in [2.24, 2.45) is 5.14 Å². The molecule has 0 fully saturated rings. The van der Waals surface area contributed by atoms with Crippen LogP contribution >= 0.6 is 0 Å². The van der Waals surface area contributed by atoms with Crippen LogP contribution in [0.5, 0.6) is 5.75 Å². The topological polar surface area (TPSA) is 108 Å². The summed E-state index contributed by atoms with van der Waals surface area (Å²) in [7, 11) is -3.76. The van der Waals surface area contributed by atoms with Crippen LogP contribution < -0.4 is 9.88 Å². The van der Waals surface area contributed by atoms with Gasteiger partial charge in [-0.25, -0.2) is 13.6 Å². The molecule has 0 bridgehead atoms. The Morgan fingerprint density at radius 3 is 2.38 bits per heavy atom.